The Hall–Kier alpha value is -2.52. The Morgan fingerprint density at radius 1 is 0.714 bits per heavy atom. The van der Waals surface area contributed by atoms with Crippen LogP contribution in [0.2, 0.25) is 0 Å². The van der Waals surface area contributed by atoms with Gasteiger partial charge in [0, 0.05) is 0 Å². The van der Waals surface area contributed by atoms with E-state index in [-0.39, 0.29) is 0 Å². The van der Waals surface area contributed by atoms with Gasteiger partial charge in [-0.15, -0.1) is 11.8 Å². The molecule has 3 heteroatoms. The number of thioether (sulfide) groups is 1. The highest BCUT2D eigenvalue weighted by atomic mass is 32.2. The molecule has 3 aromatic carbocycles. The van der Waals surface area contributed by atoms with Crippen molar-refractivity contribution in [1.82, 2.24) is 0 Å². The molecule has 0 amide bonds. The van der Waals surface area contributed by atoms with Crippen molar-refractivity contribution in [3.63, 3.8) is 0 Å². The highest BCUT2D eigenvalue weighted by Gasteiger charge is 2.50. The van der Waals surface area contributed by atoms with E-state index in [4.69, 9.17) is 0 Å². The molecule has 0 bridgehead atoms. The van der Waals surface area contributed by atoms with Crippen molar-refractivity contribution in [3.05, 3.63) is 108 Å². The number of carboxylic acids is 1. The van der Waals surface area contributed by atoms with Crippen molar-refractivity contribution >= 4 is 17.7 Å². The van der Waals surface area contributed by atoms with E-state index >= 15 is 0 Å². The minimum Gasteiger partial charge on any atom is -0.480 e. The SMILES string of the molecule is O=C(O)C1(SC(c2ccccc2)(c2ccccc2)c2ccccc2)CCCC1. The average Bonchev–Trinajstić information content (AvgIpc) is 3.24. The van der Waals surface area contributed by atoms with Gasteiger partial charge < -0.3 is 5.11 Å². The van der Waals surface area contributed by atoms with Crippen LogP contribution in [0.4, 0.5) is 0 Å². The van der Waals surface area contributed by atoms with Gasteiger partial charge in [-0.3, -0.25) is 4.79 Å². The van der Waals surface area contributed by atoms with Crippen molar-refractivity contribution in [3.8, 4) is 0 Å². The zero-order valence-corrected chi connectivity index (χ0v) is 16.6. The predicted octanol–water partition coefficient (Wildman–Crippen LogP) is 6.11. The molecule has 1 N–H and O–H groups in total. The van der Waals surface area contributed by atoms with E-state index in [1.54, 1.807) is 11.8 Å². The van der Waals surface area contributed by atoms with Crippen LogP contribution in [0.3, 0.4) is 0 Å². The molecular formula is C25H24O2S. The van der Waals surface area contributed by atoms with Gasteiger partial charge in [-0.1, -0.05) is 104 Å². The van der Waals surface area contributed by atoms with Crippen molar-refractivity contribution < 1.29 is 9.90 Å². The molecule has 3 aromatic rings. The van der Waals surface area contributed by atoms with Crippen LogP contribution in [-0.2, 0) is 9.54 Å². The zero-order chi connectivity index (χ0) is 19.5. The third-order valence-corrected chi connectivity index (χ3v) is 7.68. The lowest BCUT2D eigenvalue weighted by molar-refractivity contribution is -0.139. The summed E-state index contributed by atoms with van der Waals surface area (Å²) in [6, 6.07) is 31.0. The quantitative estimate of drug-likeness (QED) is 0.518. The Morgan fingerprint density at radius 3 is 1.39 bits per heavy atom. The van der Waals surface area contributed by atoms with Crippen molar-refractivity contribution in [2.24, 2.45) is 0 Å². The molecule has 0 radical (unpaired) electrons. The summed E-state index contributed by atoms with van der Waals surface area (Å²) >= 11 is 1.62. The van der Waals surface area contributed by atoms with E-state index in [9.17, 15) is 9.90 Å². The van der Waals surface area contributed by atoms with E-state index in [0.29, 0.717) is 12.8 Å². The molecule has 0 aromatic heterocycles. The normalized spacial score (nSPS) is 16.0. The highest BCUT2D eigenvalue weighted by molar-refractivity contribution is 8.02. The van der Waals surface area contributed by atoms with Crippen molar-refractivity contribution in [2.75, 3.05) is 0 Å². The summed E-state index contributed by atoms with van der Waals surface area (Å²) in [5.41, 5.74) is 3.35. The second-order valence-electron chi connectivity index (χ2n) is 7.39. The van der Waals surface area contributed by atoms with Crippen LogP contribution >= 0.6 is 11.8 Å². The van der Waals surface area contributed by atoms with Crippen LogP contribution in [0.1, 0.15) is 42.4 Å². The highest BCUT2D eigenvalue weighted by Crippen LogP contribution is 2.57. The van der Waals surface area contributed by atoms with Crippen LogP contribution in [0.25, 0.3) is 0 Å². The van der Waals surface area contributed by atoms with E-state index < -0.39 is 15.5 Å². The van der Waals surface area contributed by atoms with E-state index in [0.717, 1.165) is 29.5 Å². The number of carbonyl (C=O) groups is 1. The second-order valence-corrected chi connectivity index (χ2v) is 8.99. The molecule has 142 valence electrons. The average molecular weight is 389 g/mol. The number of benzene rings is 3. The fraction of sp³-hybridized carbons (Fsp3) is 0.240. The van der Waals surface area contributed by atoms with Gasteiger partial charge in [-0.25, -0.2) is 0 Å². The molecule has 1 fully saturated rings. The first-order valence-corrected chi connectivity index (χ1v) is 10.6. The van der Waals surface area contributed by atoms with Gasteiger partial charge >= 0.3 is 5.97 Å². The monoisotopic (exact) mass is 388 g/mol. The van der Waals surface area contributed by atoms with Crippen LogP contribution in [0, 0.1) is 0 Å². The Bertz CT molecular complexity index is 820. The van der Waals surface area contributed by atoms with Gasteiger partial charge in [0.05, 0.1) is 4.75 Å². The number of hydrogen-bond donors (Lipinski definition) is 1. The molecule has 4 rings (SSSR count). The smallest absolute Gasteiger partial charge is 0.319 e. The molecule has 1 saturated carbocycles. The first-order valence-electron chi connectivity index (χ1n) is 9.78. The van der Waals surface area contributed by atoms with Crippen LogP contribution in [-0.4, -0.2) is 15.8 Å². The predicted molar refractivity (Wildman–Crippen MR) is 116 cm³/mol. The lowest BCUT2D eigenvalue weighted by Crippen LogP contribution is -2.39. The molecule has 28 heavy (non-hydrogen) atoms. The van der Waals surface area contributed by atoms with Gasteiger partial charge in [0.25, 0.3) is 0 Å². The summed E-state index contributed by atoms with van der Waals surface area (Å²) < 4.78 is -1.35. The second kappa shape index (κ2) is 7.84. The summed E-state index contributed by atoms with van der Waals surface area (Å²) in [5, 5.41) is 10.2. The Balaban J connectivity index is 2.00. The van der Waals surface area contributed by atoms with Gasteiger partial charge in [-0.2, -0.15) is 0 Å². The third kappa shape index (κ3) is 3.24. The maximum Gasteiger partial charge on any atom is 0.319 e. The topological polar surface area (TPSA) is 37.3 Å². The molecule has 0 heterocycles. The van der Waals surface area contributed by atoms with Crippen LogP contribution in [0.5, 0.6) is 0 Å². The largest absolute Gasteiger partial charge is 0.480 e. The maximum atomic E-state index is 12.5. The molecule has 0 spiro atoms. The molecular weight excluding hydrogens is 364 g/mol. The van der Waals surface area contributed by atoms with E-state index in [2.05, 4.69) is 36.4 Å². The molecule has 0 atom stereocenters. The van der Waals surface area contributed by atoms with Crippen molar-refractivity contribution in [2.45, 2.75) is 35.2 Å². The minimum atomic E-state index is -0.776. The molecule has 1 aliphatic carbocycles. The summed E-state index contributed by atoms with van der Waals surface area (Å²) in [5.74, 6) is -0.692. The van der Waals surface area contributed by atoms with Gasteiger partial charge in [0.1, 0.15) is 4.75 Å². The van der Waals surface area contributed by atoms with E-state index in [1.807, 2.05) is 54.6 Å². The first kappa shape index (κ1) is 18.8. The lowest BCUT2D eigenvalue weighted by atomic mass is 9.84. The zero-order valence-electron chi connectivity index (χ0n) is 15.8. The standard InChI is InChI=1S/C25H24O2S/c26-23(27)24(18-10-11-19-24)28-25(20-12-4-1-5-13-20,21-14-6-2-7-15-21)22-16-8-3-9-17-22/h1-9,12-17H,10-11,18-19H2,(H,26,27). The van der Waals surface area contributed by atoms with Gasteiger partial charge in [0.15, 0.2) is 0 Å². The number of aliphatic carboxylic acids is 1. The molecule has 0 saturated heterocycles. The van der Waals surface area contributed by atoms with Gasteiger partial charge in [0.2, 0.25) is 0 Å². The number of carboxylic acid groups (broad SMARTS) is 1. The Morgan fingerprint density at radius 2 is 1.07 bits per heavy atom. The summed E-state index contributed by atoms with van der Waals surface area (Å²) in [7, 11) is 0. The molecule has 0 aliphatic heterocycles. The third-order valence-electron chi connectivity index (χ3n) is 5.69. The number of rotatable bonds is 6. The van der Waals surface area contributed by atoms with Crippen LogP contribution < -0.4 is 0 Å². The number of hydrogen-bond acceptors (Lipinski definition) is 2. The Labute approximate surface area is 170 Å². The molecule has 0 unspecified atom stereocenters. The van der Waals surface area contributed by atoms with Crippen molar-refractivity contribution in [1.29, 1.82) is 0 Å². The van der Waals surface area contributed by atoms with Crippen LogP contribution in [0.15, 0.2) is 91.0 Å². The summed E-state index contributed by atoms with van der Waals surface area (Å²) in [4.78, 5) is 12.5. The van der Waals surface area contributed by atoms with Gasteiger partial charge in [-0.05, 0) is 29.5 Å². The lowest BCUT2D eigenvalue weighted by Gasteiger charge is -2.41. The Kier molecular flexibility index (Phi) is 5.27. The first-order chi connectivity index (χ1) is 13.7. The van der Waals surface area contributed by atoms with E-state index in [1.165, 1.54) is 0 Å². The maximum absolute atomic E-state index is 12.5. The summed E-state index contributed by atoms with van der Waals surface area (Å²) in [6.45, 7) is 0. The summed E-state index contributed by atoms with van der Waals surface area (Å²) in [6.07, 6.45) is 3.35. The molecule has 2 nitrogen and oxygen atoms in total. The minimum absolute atomic E-state index is 0.577. The fourth-order valence-corrected chi connectivity index (χ4v) is 6.22. The fourth-order valence-electron chi connectivity index (χ4n) is 4.29. The molecule has 1 aliphatic rings.